The molecule has 0 amide bonds. The van der Waals surface area contributed by atoms with Crippen molar-refractivity contribution in [3.63, 3.8) is 0 Å². The molecule has 0 saturated carbocycles. The molecule has 20 heavy (non-hydrogen) atoms. The summed E-state index contributed by atoms with van der Waals surface area (Å²) < 4.78 is 22.9. The van der Waals surface area contributed by atoms with E-state index >= 15 is 0 Å². The fourth-order valence-corrected chi connectivity index (χ4v) is 2.55. The summed E-state index contributed by atoms with van der Waals surface area (Å²) in [6.45, 7) is 7.59. The Morgan fingerprint density at radius 2 is 1.85 bits per heavy atom. The molecule has 0 aliphatic carbocycles. The molecule has 0 aliphatic heterocycles. The zero-order chi connectivity index (χ0) is 15.2. The first-order valence-corrected chi connectivity index (χ1v) is 8.12. The van der Waals surface area contributed by atoms with E-state index in [4.69, 9.17) is 9.47 Å². The molecular formula is C15H22O4P+. The van der Waals surface area contributed by atoms with Gasteiger partial charge in [-0.2, -0.15) is 0 Å². The van der Waals surface area contributed by atoms with Gasteiger partial charge in [0.2, 0.25) is 0 Å². The number of benzene rings is 1. The van der Waals surface area contributed by atoms with Crippen LogP contribution in [0.25, 0.3) is 0 Å². The summed E-state index contributed by atoms with van der Waals surface area (Å²) in [7, 11) is -1.70. The molecule has 1 unspecified atom stereocenters. The maximum absolute atomic E-state index is 12.2. The van der Waals surface area contributed by atoms with E-state index in [0.717, 1.165) is 0 Å². The van der Waals surface area contributed by atoms with Crippen molar-refractivity contribution >= 4 is 13.8 Å². The third-order valence-electron chi connectivity index (χ3n) is 2.70. The second kappa shape index (κ2) is 7.51. The van der Waals surface area contributed by atoms with Crippen molar-refractivity contribution in [2.75, 3.05) is 12.8 Å². The average molecular weight is 297 g/mol. The summed E-state index contributed by atoms with van der Waals surface area (Å²) in [5.41, 5.74) is 0.461. The Balaban J connectivity index is 2.56. The van der Waals surface area contributed by atoms with Gasteiger partial charge in [-0.1, -0.05) is 22.8 Å². The predicted octanol–water partition coefficient (Wildman–Crippen LogP) is 3.83. The number of carbonyl (C=O) groups is 1. The standard InChI is InChI=1S/C15H22O4P/c1-12(2)18-10-11-20(17)15(3,4)19-14(16)13-8-6-5-7-9-13/h5-9,12H,10-11H2,1-4H3/q+1. The van der Waals surface area contributed by atoms with Crippen LogP contribution >= 0.6 is 7.80 Å². The lowest BCUT2D eigenvalue weighted by Crippen LogP contribution is -2.25. The summed E-state index contributed by atoms with van der Waals surface area (Å²) in [5, 5.41) is -0.997. The van der Waals surface area contributed by atoms with Gasteiger partial charge < -0.3 is 9.47 Å². The largest absolute Gasteiger partial charge is 0.411 e. The molecule has 1 aromatic carbocycles. The lowest BCUT2D eigenvalue weighted by Gasteiger charge is -2.15. The van der Waals surface area contributed by atoms with Gasteiger partial charge in [-0.15, -0.1) is 0 Å². The van der Waals surface area contributed by atoms with Crippen molar-refractivity contribution < 1.29 is 18.8 Å². The molecule has 0 fully saturated rings. The lowest BCUT2D eigenvalue weighted by molar-refractivity contribution is 0.0267. The average Bonchev–Trinajstić information content (AvgIpc) is 2.38. The Bertz CT molecular complexity index is 454. The van der Waals surface area contributed by atoms with Crippen LogP contribution in [0.2, 0.25) is 0 Å². The first kappa shape index (κ1) is 16.8. The van der Waals surface area contributed by atoms with Crippen molar-refractivity contribution in [2.24, 2.45) is 0 Å². The summed E-state index contributed by atoms with van der Waals surface area (Å²) in [6, 6.07) is 8.70. The van der Waals surface area contributed by atoms with Crippen LogP contribution in [0.5, 0.6) is 0 Å². The van der Waals surface area contributed by atoms with Crippen molar-refractivity contribution in [3.8, 4) is 0 Å². The molecule has 0 N–H and O–H groups in total. The highest BCUT2D eigenvalue weighted by molar-refractivity contribution is 7.46. The van der Waals surface area contributed by atoms with Crippen molar-refractivity contribution in [3.05, 3.63) is 35.9 Å². The summed E-state index contributed by atoms with van der Waals surface area (Å²) in [5.74, 6) is -0.455. The monoisotopic (exact) mass is 297 g/mol. The van der Waals surface area contributed by atoms with Crippen LogP contribution in [0.1, 0.15) is 38.1 Å². The number of ether oxygens (including phenoxy) is 2. The third kappa shape index (κ3) is 5.40. The SMILES string of the molecule is CC(C)OCC[P+](=O)C(C)(C)OC(=O)c1ccccc1. The summed E-state index contributed by atoms with van der Waals surface area (Å²) >= 11 is 0. The number of esters is 1. The molecule has 1 aromatic rings. The number of rotatable bonds is 7. The second-order valence-corrected chi connectivity index (χ2v) is 7.51. The Hall–Kier alpha value is -1.25. The molecule has 0 saturated heterocycles. The maximum Gasteiger partial charge on any atom is 0.387 e. The third-order valence-corrected chi connectivity index (χ3v) is 4.58. The minimum atomic E-state index is -1.70. The van der Waals surface area contributed by atoms with E-state index < -0.39 is 19.1 Å². The molecule has 4 nitrogen and oxygen atoms in total. The minimum absolute atomic E-state index is 0.105. The van der Waals surface area contributed by atoms with Crippen LogP contribution in [0, 0.1) is 0 Å². The second-order valence-electron chi connectivity index (χ2n) is 5.22. The molecule has 0 spiro atoms. The van der Waals surface area contributed by atoms with E-state index in [0.29, 0.717) is 18.3 Å². The van der Waals surface area contributed by atoms with E-state index in [9.17, 15) is 9.36 Å². The van der Waals surface area contributed by atoms with Gasteiger partial charge in [-0.05, 0) is 26.0 Å². The zero-order valence-corrected chi connectivity index (χ0v) is 13.4. The molecule has 0 aromatic heterocycles. The van der Waals surface area contributed by atoms with Crippen LogP contribution in [-0.2, 0) is 14.0 Å². The van der Waals surface area contributed by atoms with Crippen molar-refractivity contribution in [1.29, 1.82) is 0 Å². The first-order valence-electron chi connectivity index (χ1n) is 6.67. The molecule has 5 heteroatoms. The van der Waals surface area contributed by atoms with Crippen molar-refractivity contribution in [2.45, 2.75) is 39.1 Å². The quantitative estimate of drug-likeness (QED) is 0.567. The number of carbonyl (C=O) groups excluding carboxylic acids is 1. The Morgan fingerprint density at radius 3 is 2.40 bits per heavy atom. The fourth-order valence-electron chi connectivity index (χ4n) is 1.55. The molecule has 1 rings (SSSR count). The van der Waals surface area contributed by atoms with E-state index in [2.05, 4.69) is 0 Å². The van der Waals surface area contributed by atoms with E-state index in [1.807, 2.05) is 19.9 Å². The molecule has 0 heterocycles. The molecule has 1 atom stereocenters. The highest BCUT2D eigenvalue weighted by Gasteiger charge is 2.43. The van der Waals surface area contributed by atoms with Gasteiger partial charge in [-0.25, -0.2) is 4.79 Å². The minimum Gasteiger partial charge on any atom is -0.411 e. The Labute approximate surface area is 121 Å². The normalized spacial score (nSPS) is 12.3. The fraction of sp³-hybridized carbons (Fsp3) is 0.533. The highest BCUT2D eigenvalue weighted by atomic mass is 31.1. The number of hydrogen-bond acceptors (Lipinski definition) is 4. The van der Waals surface area contributed by atoms with Crippen molar-refractivity contribution in [1.82, 2.24) is 0 Å². The summed E-state index contributed by atoms with van der Waals surface area (Å²) in [4.78, 5) is 12.0. The van der Waals surface area contributed by atoms with Gasteiger partial charge in [0, 0.05) is 13.8 Å². The lowest BCUT2D eigenvalue weighted by atomic mass is 10.2. The maximum atomic E-state index is 12.2. The van der Waals surface area contributed by atoms with Gasteiger partial charge >= 0.3 is 13.8 Å². The van der Waals surface area contributed by atoms with E-state index in [1.54, 1.807) is 38.1 Å². The topological polar surface area (TPSA) is 52.6 Å². The van der Waals surface area contributed by atoms with Gasteiger partial charge in [0.15, 0.2) is 6.16 Å². The Morgan fingerprint density at radius 1 is 1.25 bits per heavy atom. The van der Waals surface area contributed by atoms with Gasteiger partial charge in [-0.3, -0.25) is 0 Å². The van der Waals surface area contributed by atoms with Crippen LogP contribution in [0.4, 0.5) is 0 Å². The van der Waals surface area contributed by atoms with Gasteiger partial charge in [0.25, 0.3) is 5.34 Å². The predicted molar refractivity (Wildman–Crippen MR) is 79.5 cm³/mol. The molecule has 0 radical (unpaired) electrons. The highest BCUT2D eigenvalue weighted by Crippen LogP contribution is 2.39. The molecular weight excluding hydrogens is 275 g/mol. The van der Waals surface area contributed by atoms with Crippen LogP contribution in [0.15, 0.2) is 30.3 Å². The van der Waals surface area contributed by atoms with Crippen LogP contribution in [-0.4, -0.2) is 30.2 Å². The van der Waals surface area contributed by atoms with Crippen LogP contribution in [0.3, 0.4) is 0 Å². The smallest absolute Gasteiger partial charge is 0.387 e. The first-order chi connectivity index (χ1) is 9.33. The number of hydrogen-bond donors (Lipinski definition) is 0. The molecule has 0 aliphatic rings. The van der Waals surface area contributed by atoms with Gasteiger partial charge in [0.05, 0.1) is 18.3 Å². The van der Waals surface area contributed by atoms with Crippen LogP contribution < -0.4 is 0 Å². The Kier molecular flexibility index (Phi) is 6.31. The molecule has 110 valence electrons. The van der Waals surface area contributed by atoms with E-state index in [-0.39, 0.29) is 6.10 Å². The van der Waals surface area contributed by atoms with E-state index in [1.165, 1.54) is 0 Å². The molecule has 0 bridgehead atoms. The van der Waals surface area contributed by atoms with Gasteiger partial charge in [0.1, 0.15) is 0 Å². The zero-order valence-electron chi connectivity index (χ0n) is 12.5. The summed E-state index contributed by atoms with van der Waals surface area (Å²) in [6.07, 6.45) is 0.483.